The van der Waals surface area contributed by atoms with Crippen LogP contribution < -0.4 is 5.73 Å². The molecule has 0 amide bonds. The van der Waals surface area contributed by atoms with Crippen LogP contribution in [0, 0.1) is 11.3 Å². The van der Waals surface area contributed by atoms with Gasteiger partial charge in [-0.2, -0.15) is 5.26 Å². The average Bonchev–Trinajstić information content (AvgIpc) is 2.15. The molecule has 0 aliphatic carbocycles. The van der Waals surface area contributed by atoms with Gasteiger partial charge in [0.05, 0.1) is 12.2 Å². The lowest BCUT2D eigenvalue weighted by Gasteiger charge is -2.31. The van der Waals surface area contributed by atoms with E-state index < -0.39 is 0 Å². The van der Waals surface area contributed by atoms with Crippen LogP contribution in [0.2, 0.25) is 0 Å². The Labute approximate surface area is 74.1 Å². The van der Waals surface area contributed by atoms with Crippen molar-refractivity contribution in [1.82, 2.24) is 4.90 Å². The van der Waals surface area contributed by atoms with Crippen molar-refractivity contribution in [2.75, 3.05) is 13.1 Å². The summed E-state index contributed by atoms with van der Waals surface area (Å²) in [5, 5.41) is 8.39. The van der Waals surface area contributed by atoms with Crippen molar-refractivity contribution < 1.29 is 0 Å². The molecule has 0 saturated carbocycles. The minimum absolute atomic E-state index is 0.116. The molecule has 12 heavy (non-hydrogen) atoms. The average molecular weight is 167 g/mol. The van der Waals surface area contributed by atoms with E-state index in [0.29, 0.717) is 6.42 Å². The highest BCUT2D eigenvalue weighted by Crippen LogP contribution is 2.11. The molecule has 1 fully saturated rings. The second-order valence-corrected chi connectivity index (χ2v) is 3.36. The Morgan fingerprint density at radius 2 is 2.00 bits per heavy atom. The zero-order chi connectivity index (χ0) is 8.81. The summed E-state index contributed by atoms with van der Waals surface area (Å²) in [7, 11) is 0. The maximum atomic E-state index is 8.39. The molecule has 1 unspecified atom stereocenters. The molecule has 0 aromatic rings. The molecule has 0 aromatic carbocycles. The van der Waals surface area contributed by atoms with Gasteiger partial charge in [-0.25, -0.2) is 0 Å². The molecule has 0 aromatic heterocycles. The highest BCUT2D eigenvalue weighted by Gasteiger charge is 2.15. The molecule has 0 spiro atoms. The van der Waals surface area contributed by atoms with Crippen molar-refractivity contribution in [1.29, 1.82) is 5.26 Å². The Morgan fingerprint density at radius 3 is 2.58 bits per heavy atom. The van der Waals surface area contributed by atoms with E-state index in [2.05, 4.69) is 11.0 Å². The van der Waals surface area contributed by atoms with E-state index in [0.717, 1.165) is 19.5 Å². The first-order chi connectivity index (χ1) is 5.84. The molecule has 1 saturated heterocycles. The molecule has 3 heteroatoms. The van der Waals surface area contributed by atoms with Gasteiger partial charge in [0.1, 0.15) is 0 Å². The van der Waals surface area contributed by atoms with Crippen LogP contribution in [0.15, 0.2) is 0 Å². The van der Waals surface area contributed by atoms with Gasteiger partial charge in [-0.05, 0) is 32.4 Å². The Bertz CT molecular complexity index is 156. The standard InChI is InChI=1S/C9H17N3/c10-6-4-5-9(11)12-7-2-1-3-8-12/h9H,1-5,7-8,11H2. The van der Waals surface area contributed by atoms with Crippen LogP contribution in [-0.2, 0) is 0 Å². The predicted octanol–water partition coefficient (Wildman–Crippen LogP) is 1.06. The number of nitriles is 1. The summed E-state index contributed by atoms with van der Waals surface area (Å²) >= 11 is 0. The van der Waals surface area contributed by atoms with Gasteiger partial charge in [-0.1, -0.05) is 6.42 Å². The van der Waals surface area contributed by atoms with E-state index in [1.54, 1.807) is 0 Å². The van der Waals surface area contributed by atoms with Gasteiger partial charge < -0.3 is 5.73 Å². The zero-order valence-electron chi connectivity index (χ0n) is 7.50. The fraction of sp³-hybridized carbons (Fsp3) is 0.889. The van der Waals surface area contributed by atoms with Gasteiger partial charge >= 0.3 is 0 Å². The maximum absolute atomic E-state index is 8.39. The quantitative estimate of drug-likeness (QED) is 0.683. The summed E-state index contributed by atoms with van der Waals surface area (Å²) < 4.78 is 0. The molecule has 0 bridgehead atoms. The number of hydrogen-bond acceptors (Lipinski definition) is 3. The number of nitrogens with zero attached hydrogens (tertiary/aromatic N) is 2. The number of nitrogens with two attached hydrogens (primary N) is 1. The summed E-state index contributed by atoms with van der Waals surface area (Å²) in [5.41, 5.74) is 5.91. The highest BCUT2D eigenvalue weighted by molar-refractivity contribution is 4.76. The van der Waals surface area contributed by atoms with Crippen LogP contribution in [0.3, 0.4) is 0 Å². The van der Waals surface area contributed by atoms with Crippen LogP contribution >= 0.6 is 0 Å². The lowest BCUT2D eigenvalue weighted by Crippen LogP contribution is -2.44. The second kappa shape index (κ2) is 5.13. The first-order valence-corrected chi connectivity index (χ1v) is 4.71. The predicted molar refractivity (Wildman–Crippen MR) is 48.2 cm³/mol. The number of hydrogen-bond donors (Lipinski definition) is 1. The molecule has 68 valence electrons. The number of rotatable bonds is 3. The molecule has 1 rings (SSSR count). The van der Waals surface area contributed by atoms with Crippen molar-refractivity contribution in [2.24, 2.45) is 5.73 Å². The molecular weight excluding hydrogens is 150 g/mol. The molecular formula is C9H17N3. The van der Waals surface area contributed by atoms with Crippen LogP contribution in [-0.4, -0.2) is 24.2 Å². The molecule has 1 aliphatic heterocycles. The Balaban J connectivity index is 2.21. The molecule has 0 radical (unpaired) electrons. The Kier molecular flexibility index (Phi) is 4.06. The van der Waals surface area contributed by atoms with Crippen LogP contribution in [0.4, 0.5) is 0 Å². The van der Waals surface area contributed by atoms with E-state index in [1.165, 1.54) is 19.3 Å². The van der Waals surface area contributed by atoms with Gasteiger partial charge in [-0.3, -0.25) is 4.90 Å². The molecule has 1 heterocycles. The molecule has 1 aliphatic rings. The topological polar surface area (TPSA) is 53.1 Å². The van der Waals surface area contributed by atoms with E-state index in [4.69, 9.17) is 11.0 Å². The highest BCUT2D eigenvalue weighted by atomic mass is 15.2. The van der Waals surface area contributed by atoms with Crippen molar-refractivity contribution in [3.05, 3.63) is 0 Å². The second-order valence-electron chi connectivity index (χ2n) is 3.36. The van der Waals surface area contributed by atoms with E-state index in [1.807, 2.05) is 0 Å². The fourth-order valence-corrected chi connectivity index (χ4v) is 1.65. The van der Waals surface area contributed by atoms with Gasteiger partial charge in [0.2, 0.25) is 0 Å². The number of piperidine rings is 1. The van der Waals surface area contributed by atoms with Crippen LogP contribution in [0.25, 0.3) is 0 Å². The SMILES string of the molecule is N#CCCC(N)N1CCCCC1. The van der Waals surface area contributed by atoms with Crippen molar-refractivity contribution in [2.45, 2.75) is 38.3 Å². The Hall–Kier alpha value is -0.590. The smallest absolute Gasteiger partial charge is 0.0622 e. The monoisotopic (exact) mass is 167 g/mol. The first-order valence-electron chi connectivity index (χ1n) is 4.71. The third kappa shape index (κ3) is 2.80. The largest absolute Gasteiger partial charge is 0.316 e. The lowest BCUT2D eigenvalue weighted by molar-refractivity contribution is 0.160. The molecule has 3 nitrogen and oxygen atoms in total. The number of likely N-dealkylation sites (tertiary alicyclic amines) is 1. The summed E-state index contributed by atoms with van der Waals surface area (Å²) in [6.07, 6.45) is 5.38. The molecule has 2 N–H and O–H groups in total. The van der Waals surface area contributed by atoms with E-state index in [-0.39, 0.29) is 6.17 Å². The summed E-state index contributed by atoms with van der Waals surface area (Å²) in [4.78, 5) is 2.29. The summed E-state index contributed by atoms with van der Waals surface area (Å²) in [6.45, 7) is 2.24. The van der Waals surface area contributed by atoms with E-state index >= 15 is 0 Å². The first kappa shape index (κ1) is 9.50. The lowest BCUT2D eigenvalue weighted by atomic mass is 10.1. The van der Waals surface area contributed by atoms with Crippen molar-refractivity contribution in [3.63, 3.8) is 0 Å². The van der Waals surface area contributed by atoms with Gasteiger partial charge in [0.15, 0.2) is 0 Å². The molecule has 1 atom stereocenters. The minimum atomic E-state index is 0.116. The van der Waals surface area contributed by atoms with Crippen molar-refractivity contribution in [3.8, 4) is 6.07 Å². The van der Waals surface area contributed by atoms with Gasteiger partial charge in [0, 0.05) is 6.42 Å². The van der Waals surface area contributed by atoms with Gasteiger partial charge in [-0.15, -0.1) is 0 Å². The normalized spacial score (nSPS) is 21.7. The van der Waals surface area contributed by atoms with Crippen LogP contribution in [0.5, 0.6) is 0 Å². The third-order valence-corrected chi connectivity index (χ3v) is 2.41. The minimum Gasteiger partial charge on any atom is -0.316 e. The van der Waals surface area contributed by atoms with Gasteiger partial charge in [0.25, 0.3) is 0 Å². The summed E-state index contributed by atoms with van der Waals surface area (Å²) in [5.74, 6) is 0. The maximum Gasteiger partial charge on any atom is 0.0622 e. The third-order valence-electron chi connectivity index (χ3n) is 2.41. The fourth-order valence-electron chi connectivity index (χ4n) is 1.65. The van der Waals surface area contributed by atoms with Crippen molar-refractivity contribution >= 4 is 0 Å². The van der Waals surface area contributed by atoms with E-state index in [9.17, 15) is 0 Å². The Morgan fingerprint density at radius 1 is 1.33 bits per heavy atom. The van der Waals surface area contributed by atoms with Crippen LogP contribution in [0.1, 0.15) is 32.1 Å². The summed E-state index contributed by atoms with van der Waals surface area (Å²) in [6, 6.07) is 2.13. The zero-order valence-corrected chi connectivity index (χ0v) is 7.50.